The minimum atomic E-state index is -0.470. The molecule has 1 aromatic heterocycles. The molecule has 2 amide bonds. The van der Waals surface area contributed by atoms with Crippen LogP contribution < -0.4 is 10.2 Å². The number of carbonyl (C=O) groups is 2. The number of aryl methyl sites for hydroxylation is 1. The number of anilines is 1. The van der Waals surface area contributed by atoms with Gasteiger partial charge in [-0.1, -0.05) is 18.6 Å². The largest absolute Gasteiger partial charge is 0.348 e. The van der Waals surface area contributed by atoms with Crippen molar-refractivity contribution in [3.8, 4) is 0 Å². The number of hydrogen-bond acceptors (Lipinski definition) is 3. The van der Waals surface area contributed by atoms with E-state index < -0.39 is 5.41 Å². The van der Waals surface area contributed by atoms with Gasteiger partial charge in [-0.2, -0.15) is 0 Å². The second-order valence-electron chi connectivity index (χ2n) is 7.90. The lowest BCUT2D eigenvalue weighted by Gasteiger charge is -2.36. The predicted molar refractivity (Wildman–Crippen MR) is 104 cm³/mol. The summed E-state index contributed by atoms with van der Waals surface area (Å²) in [4.78, 5) is 31.8. The summed E-state index contributed by atoms with van der Waals surface area (Å²) in [6, 6.07) is 11.5. The number of rotatable bonds is 3. The molecule has 4 rings (SSSR count). The predicted octanol–water partition coefficient (Wildman–Crippen LogP) is 3.62. The molecule has 1 aliphatic heterocycles. The first-order valence-electron chi connectivity index (χ1n) is 9.79. The van der Waals surface area contributed by atoms with Gasteiger partial charge in [-0.3, -0.25) is 9.59 Å². The lowest BCUT2D eigenvalue weighted by atomic mass is 9.71. The molecule has 2 heterocycles. The molecule has 1 saturated carbocycles. The molecule has 2 aromatic rings. The Bertz CT molecular complexity index is 916. The molecule has 2 atom stereocenters. The quantitative estimate of drug-likeness (QED) is 0.883. The highest BCUT2D eigenvalue weighted by Crippen LogP contribution is 2.46. The molecule has 5 nitrogen and oxygen atoms in total. The molecule has 2 fully saturated rings. The highest BCUT2D eigenvalue weighted by molar-refractivity contribution is 6.00. The van der Waals surface area contributed by atoms with E-state index >= 15 is 0 Å². The van der Waals surface area contributed by atoms with E-state index in [2.05, 4.69) is 10.3 Å². The number of pyridine rings is 1. The van der Waals surface area contributed by atoms with Gasteiger partial charge in [0.2, 0.25) is 5.91 Å². The van der Waals surface area contributed by atoms with Crippen molar-refractivity contribution in [3.05, 3.63) is 59.7 Å². The minimum Gasteiger partial charge on any atom is -0.348 e. The maximum atomic E-state index is 13.6. The second-order valence-corrected chi connectivity index (χ2v) is 7.90. The Morgan fingerprint density at radius 2 is 2.07 bits per heavy atom. The molecule has 146 valence electrons. The third-order valence-corrected chi connectivity index (χ3v) is 5.93. The number of amides is 2. The number of hydrogen-bond donors (Lipinski definition) is 1. The van der Waals surface area contributed by atoms with E-state index in [1.165, 1.54) is 12.1 Å². The number of carbonyl (C=O) groups excluding carboxylic acids is 2. The van der Waals surface area contributed by atoms with Crippen molar-refractivity contribution < 1.29 is 14.0 Å². The van der Waals surface area contributed by atoms with Gasteiger partial charge in [0.1, 0.15) is 11.5 Å². The Morgan fingerprint density at radius 3 is 2.86 bits per heavy atom. The Morgan fingerprint density at radius 1 is 1.25 bits per heavy atom. The van der Waals surface area contributed by atoms with Gasteiger partial charge in [-0.25, -0.2) is 9.37 Å². The molecule has 1 spiro atoms. The number of nitrogens with one attached hydrogen (secondary N) is 1. The van der Waals surface area contributed by atoms with Crippen molar-refractivity contribution in [3.63, 3.8) is 0 Å². The van der Waals surface area contributed by atoms with Crippen molar-refractivity contribution >= 4 is 17.5 Å². The Balaban J connectivity index is 1.47. The average Bonchev–Trinajstić information content (AvgIpc) is 2.97. The lowest BCUT2D eigenvalue weighted by molar-refractivity contribution is -0.127. The Kier molecular flexibility index (Phi) is 4.87. The van der Waals surface area contributed by atoms with E-state index in [9.17, 15) is 14.0 Å². The van der Waals surface area contributed by atoms with Crippen LogP contribution in [0.1, 0.15) is 48.3 Å². The summed E-state index contributed by atoms with van der Waals surface area (Å²) in [5.41, 5.74) is 1.34. The zero-order valence-electron chi connectivity index (χ0n) is 16.0. The van der Waals surface area contributed by atoms with Crippen LogP contribution in [-0.4, -0.2) is 29.4 Å². The first kappa shape index (κ1) is 18.6. The van der Waals surface area contributed by atoms with Gasteiger partial charge in [0.15, 0.2) is 0 Å². The SMILES string of the molecule is Cc1cccc(C(=O)N[C@H]2CCC[C@]3(CCN(c4cccc(F)c4)C3=O)C2)n1. The lowest BCUT2D eigenvalue weighted by Crippen LogP contribution is -2.46. The van der Waals surface area contributed by atoms with Gasteiger partial charge >= 0.3 is 0 Å². The average molecular weight is 381 g/mol. The smallest absolute Gasteiger partial charge is 0.270 e. The molecule has 6 heteroatoms. The first-order valence-corrected chi connectivity index (χ1v) is 9.79. The number of benzene rings is 1. The topological polar surface area (TPSA) is 62.3 Å². The summed E-state index contributed by atoms with van der Waals surface area (Å²) in [6.45, 7) is 2.44. The summed E-state index contributed by atoms with van der Waals surface area (Å²) in [5.74, 6) is -0.491. The minimum absolute atomic E-state index is 0.0470. The monoisotopic (exact) mass is 381 g/mol. The summed E-state index contributed by atoms with van der Waals surface area (Å²) in [7, 11) is 0. The summed E-state index contributed by atoms with van der Waals surface area (Å²) >= 11 is 0. The molecule has 28 heavy (non-hydrogen) atoms. The zero-order valence-corrected chi connectivity index (χ0v) is 16.0. The van der Waals surface area contributed by atoms with Crippen LogP contribution in [0.5, 0.6) is 0 Å². The van der Waals surface area contributed by atoms with E-state index in [1.807, 2.05) is 19.1 Å². The number of aromatic nitrogens is 1. The zero-order chi connectivity index (χ0) is 19.7. The van der Waals surface area contributed by atoms with Crippen molar-refractivity contribution in [1.82, 2.24) is 10.3 Å². The molecular formula is C22H24FN3O2. The first-order chi connectivity index (χ1) is 13.5. The van der Waals surface area contributed by atoms with E-state index in [0.29, 0.717) is 24.3 Å². The maximum absolute atomic E-state index is 13.6. The number of nitrogens with zero attached hydrogens (tertiary/aromatic N) is 2. The second kappa shape index (κ2) is 7.34. The fourth-order valence-electron chi connectivity index (χ4n) is 4.55. The molecule has 1 aromatic carbocycles. The van der Waals surface area contributed by atoms with Crippen LogP contribution in [0.4, 0.5) is 10.1 Å². The number of halogens is 1. The van der Waals surface area contributed by atoms with Crippen molar-refractivity contribution in [1.29, 1.82) is 0 Å². The molecule has 1 saturated heterocycles. The van der Waals surface area contributed by atoms with Gasteiger partial charge in [0, 0.05) is 24.0 Å². The molecule has 1 aliphatic carbocycles. The third-order valence-electron chi connectivity index (χ3n) is 5.93. The van der Waals surface area contributed by atoms with Crippen LogP contribution in [0.3, 0.4) is 0 Å². The molecule has 1 N–H and O–H groups in total. The summed E-state index contributed by atoms with van der Waals surface area (Å²) in [5, 5.41) is 3.07. The van der Waals surface area contributed by atoms with Gasteiger partial charge in [-0.15, -0.1) is 0 Å². The van der Waals surface area contributed by atoms with E-state index in [-0.39, 0.29) is 23.7 Å². The van der Waals surface area contributed by atoms with Crippen LogP contribution in [0.25, 0.3) is 0 Å². The summed E-state index contributed by atoms with van der Waals surface area (Å²) < 4.78 is 13.6. The van der Waals surface area contributed by atoms with Crippen LogP contribution in [0.2, 0.25) is 0 Å². The summed E-state index contributed by atoms with van der Waals surface area (Å²) in [6.07, 6.45) is 3.90. The van der Waals surface area contributed by atoms with E-state index in [4.69, 9.17) is 0 Å². The van der Waals surface area contributed by atoms with Crippen LogP contribution >= 0.6 is 0 Å². The highest BCUT2D eigenvalue weighted by Gasteiger charge is 2.49. The molecule has 0 radical (unpaired) electrons. The van der Waals surface area contributed by atoms with E-state index in [1.54, 1.807) is 23.1 Å². The molecule has 0 bridgehead atoms. The molecule has 0 unspecified atom stereocenters. The Hall–Kier alpha value is -2.76. The van der Waals surface area contributed by atoms with Crippen LogP contribution in [0, 0.1) is 18.2 Å². The van der Waals surface area contributed by atoms with Gasteiger partial charge in [0.25, 0.3) is 5.91 Å². The highest BCUT2D eigenvalue weighted by atomic mass is 19.1. The normalized spacial score (nSPS) is 24.6. The fraction of sp³-hybridized carbons (Fsp3) is 0.409. The van der Waals surface area contributed by atoms with Gasteiger partial charge in [0.05, 0.1) is 5.41 Å². The van der Waals surface area contributed by atoms with Gasteiger partial charge < -0.3 is 10.2 Å². The van der Waals surface area contributed by atoms with Crippen molar-refractivity contribution in [2.45, 2.75) is 45.1 Å². The maximum Gasteiger partial charge on any atom is 0.270 e. The molecule has 2 aliphatic rings. The Labute approximate surface area is 164 Å². The molecular weight excluding hydrogens is 357 g/mol. The van der Waals surface area contributed by atoms with Crippen molar-refractivity contribution in [2.24, 2.45) is 5.41 Å². The third kappa shape index (κ3) is 3.51. The fourth-order valence-corrected chi connectivity index (χ4v) is 4.55. The van der Waals surface area contributed by atoms with Crippen molar-refractivity contribution in [2.75, 3.05) is 11.4 Å². The standard InChI is InChI=1S/C22H24FN3O2/c1-15-5-2-9-19(24-15)20(27)25-17-7-4-10-22(14-17)11-12-26(21(22)28)18-8-3-6-16(23)13-18/h2-3,5-6,8-9,13,17H,4,7,10-12,14H2,1H3,(H,25,27)/t17-,22-/m0/s1. The van der Waals surface area contributed by atoms with Crippen LogP contribution in [-0.2, 0) is 4.79 Å². The van der Waals surface area contributed by atoms with E-state index in [0.717, 1.165) is 31.4 Å². The van der Waals surface area contributed by atoms with Crippen LogP contribution in [0.15, 0.2) is 42.5 Å². The van der Waals surface area contributed by atoms with Gasteiger partial charge in [-0.05, 0) is 62.9 Å².